The summed E-state index contributed by atoms with van der Waals surface area (Å²) in [6.45, 7) is 4.60. The first-order valence-electron chi connectivity index (χ1n) is 6.49. The van der Waals surface area contributed by atoms with Gasteiger partial charge in [-0.1, -0.05) is 48.6 Å². The van der Waals surface area contributed by atoms with E-state index < -0.39 is 0 Å². The molecule has 0 saturated carbocycles. The van der Waals surface area contributed by atoms with E-state index in [9.17, 15) is 0 Å². The van der Waals surface area contributed by atoms with E-state index in [0.29, 0.717) is 12.5 Å². The normalized spacial score (nSPS) is 34.9. The molecule has 94 valence electrons. The maximum Gasteiger partial charge on any atom is 0.102 e. The van der Waals surface area contributed by atoms with Crippen LogP contribution in [0.25, 0.3) is 0 Å². The molecule has 1 aromatic rings. The van der Waals surface area contributed by atoms with Gasteiger partial charge in [0.25, 0.3) is 0 Å². The summed E-state index contributed by atoms with van der Waals surface area (Å²) in [7, 11) is 0. The van der Waals surface area contributed by atoms with Crippen molar-refractivity contribution in [3.05, 3.63) is 60.7 Å². The van der Waals surface area contributed by atoms with Crippen LogP contribution in [-0.2, 0) is 9.47 Å². The van der Waals surface area contributed by atoms with Crippen LogP contribution in [0.5, 0.6) is 0 Å². The highest BCUT2D eigenvalue weighted by Crippen LogP contribution is 2.38. The second-order valence-corrected chi connectivity index (χ2v) is 4.85. The van der Waals surface area contributed by atoms with E-state index in [2.05, 4.69) is 43.0 Å². The Morgan fingerprint density at radius 3 is 2.72 bits per heavy atom. The van der Waals surface area contributed by atoms with Crippen molar-refractivity contribution in [1.82, 2.24) is 0 Å². The van der Waals surface area contributed by atoms with Crippen LogP contribution < -0.4 is 0 Å². The molecule has 2 aliphatic heterocycles. The summed E-state index contributed by atoms with van der Waals surface area (Å²) in [5.41, 5.74) is 1.33. The van der Waals surface area contributed by atoms with E-state index in [1.54, 1.807) is 0 Å². The molecule has 2 nitrogen and oxygen atoms in total. The van der Waals surface area contributed by atoms with E-state index in [1.165, 1.54) is 5.56 Å². The lowest BCUT2D eigenvalue weighted by atomic mass is 9.90. The average Bonchev–Trinajstić information content (AvgIpc) is 3.08. The van der Waals surface area contributed by atoms with E-state index in [1.807, 2.05) is 12.1 Å². The SMILES string of the molecule is C=C[C@H]1O[C@@H]([C@@H]2C=CCO2)C[C@H]1c1ccccc1. The zero-order valence-corrected chi connectivity index (χ0v) is 10.4. The van der Waals surface area contributed by atoms with Gasteiger partial charge in [-0.15, -0.1) is 6.58 Å². The number of benzene rings is 1. The Hall–Kier alpha value is -1.38. The van der Waals surface area contributed by atoms with Crippen LogP contribution >= 0.6 is 0 Å². The fourth-order valence-electron chi connectivity index (χ4n) is 2.84. The van der Waals surface area contributed by atoms with Gasteiger partial charge in [-0.2, -0.15) is 0 Å². The van der Waals surface area contributed by atoms with Gasteiger partial charge in [-0.05, 0) is 12.0 Å². The van der Waals surface area contributed by atoms with E-state index in [0.717, 1.165) is 6.42 Å². The third kappa shape index (κ3) is 2.14. The summed E-state index contributed by atoms with van der Waals surface area (Å²) < 4.78 is 11.7. The minimum absolute atomic E-state index is 0.0926. The topological polar surface area (TPSA) is 18.5 Å². The number of hydrogen-bond acceptors (Lipinski definition) is 2. The van der Waals surface area contributed by atoms with Crippen molar-refractivity contribution in [3.8, 4) is 0 Å². The standard InChI is InChI=1S/C16H18O2/c1-2-14-13(12-7-4-3-5-8-12)11-16(18-14)15-9-6-10-17-15/h2-9,13-16H,1,10-11H2/t13-,14+,15-,16+/m0/s1. The molecule has 4 atom stereocenters. The highest BCUT2D eigenvalue weighted by molar-refractivity contribution is 5.24. The van der Waals surface area contributed by atoms with Crippen molar-refractivity contribution in [3.63, 3.8) is 0 Å². The molecule has 0 amide bonds. The fourth-order valence-corrected chi connectivity index (χ4v) is 2.84. The first-order chi connectivity index (χ1) is 8.88. The summed E-state index contributed by atoms with van der Waals surface area (Å²) in [5, 5.41) is 0. The molecule has 3 rings (SSSR count). The minimum atomic E-state index is 0.0926. The summed E-state index contributed by atoms with van der Waals surface area (Å²) >= 11 is 0. The molecule has 0 aromatic heterocycles. The maximum atomic E-state index is 6.07. The first-order valence-corrected chi connectivity index (χ1v) is 6.49. The number of hydrogen-bond donors (Lipinski definition) is 0. The Balaban J connectivity index is 1.78. The van der Waals surface area contributed by atoms with Gasteiger partial charge in [-0.3, -0.25) is 0 Å². The van der Waals surface area contributed by atoms with Gasteiger partial charge in [0.2, 0.25) is 0 Å². The van der Waals surface area contributed by atoms with Crippen molar-refractivity contribution in [2.45, 2.75) is 30.7 Å². The third-order valence-electron chi connectivity index (χ3n) is 3.75. The zero-order valence-electron chi connectivity index (χ0n) is 10.4. The molecule has 1 aromatic carbocycles. The molecule has 0 radical (unpaired) electrons. The Bertz CT molecular complexity index is 438. The summed E-state index contributed by atoms with van der Waals surface area (Å²) in [6.07, 6.45) is 7.44. The van der Waals surface area contributed by atoms with Gasteiger partial charge in [0, 0.05) is 5.92 Å². The lowest BCUT2D eigenvalue weighted by molar-refractivity contribution is -0.0220. The van der Waals surface area contributed by atoms with Gasteiger partial charge >= 0.3 is 0 Å². The lowest BCUT2D eigenvalue weighted by Crippen LogP contribution is -2.24. The van der Waals surface area contributed by atoms with Crippen molar-refractivity contribution >= 4 is 0 Å². The van der Waals surface area contributed by atoms with E-state index in [-0.39, 0.29) is 18.3 Å². The van der Waals surface area contributed by atoms with E-state index in [4.69, 9.17) is 9.47 Å². The fraction of sp³-hybridized carbons (Fsp3) is 0.375. The predicted molar refractivity (Wildman–Crippen MR) is 71.5 cm³/mol. The van der Waals surface area contributed by atoms with Crippen LogP contribution in [0, 0.1) is 0 Å². The molecular weight excluding hydrogens is 224 g/mol. The van der Waals surface area contributed by atoms with Crippen LogP contribution in [0.4, 0.5) is 0 Å². The average molecular weight is 242 g/mol. The first kappa shape index (κ1) is 11.7. The Morgan fingerprint density at radius 2 is 2.06 bits per heavy atom. The summed E-state index contributed by atoms with van der Waals surface area (Å²) in [5.74, 6) is 0.395. The second kappa shape index (κ2) is 5.09. The Labute approximate surface area is 108 Å². The Morgan fingerprint density at radius 1 is 1.22 bits per heavy atom. The summed E-state index contributed by atoms with van der Waals surface area (Å²) in [6, 6.07) is 10.5. The van der Waals surface area contributed by atoms with Crippen molar-refractivity contribution < 1.29 is 9.47 Å². The summed E-state index contributed by atoms with van der Waals surface area (Å²) in [4.78, 5) is 0. The highest BCUT2D eigenvalue weighted by Gasteiger charge is 2.38. The van der Waals surface area contributed by atoms with Crippen LogP contribution in [0.1, 0.15) is 17.9 Å². The molecule has 2 aliphatic rings. The van der Waals surface area contributed by atoms with Crippen molar-refractivity contribution in [1.29, 1.82) is 0 Å². The molecule has 0 N–H and O–H groups in total. The van der Waals surface area contributed by atoms with Crippen molar-refractivity contribution in [2.75, 3.05) is 6.61 Å². The molecule has 0 spiro atoms. The monoisotopic (exact) mass is 242 g/mol. The highest BCUT2D eigenvalue weighted by atomic mass is 16.6. The number of rotatable bonds is 3. The molecule has 0 bridgehead atoms. The molecule has 1 fully saturated rings. The van der Waals surface area contributed by atoms with Gasteiger partial charge < -0.3 is 9.47 Å². The van der Waals surface area contributed by atoms with Gasteiger partial charge in [0.1, 0.15) is 6.10 Å². The lowest BCUT2D eigenvalue weighted by Gasteiger charge is -2.16. The molecular formula is C16H18O2. The van der Waals surface area contributed by atoms with Gasteiger partial charge in [-0.25, -0.2) is 0 Å². The smallest absolute Gasteiger partial charge is 0.102 e. The molecule has 1 saturated heterocycles. The molecule has 0 aliphatic carbocycles. The molecule has 0 unspecified atom stereocenters. The van der Waals surface area contributed by atoms with Crippen LogP contribution in [0.2, 0.25) is 0 Å². The largest absolute Gasteiger partial charge is 0.367 e. The van der Waals surface area contributed by atoms with Crippen LogP contribution in [0.3, 0.4) is 0 Å². The predicted octanol–water partition coefficient (Wildman–Crippen LogP) is 3.07. The van der Waals surface area contributed by atoms with Crippen LogP contribution in [0.15, 0.2) is 55.1 Å². The van der Waals surface area contributed by atoms with Gasteiger partial charge in [0.05, 0.1) is 18.8 Å². The molecule has 2 heteroatoms. The third-order valence-corrected chi connectivity index (χ3v) is 3.75. The number of ether oxygens (including phenoxy) is 2. The van der Waals surface area contributed by atoms with Crippen LogP contribution in [-0.4, -0.2) is 24.9 Å². The molecule has 18 heavy (non-hydrogen) atoms. The molecule has 2 heterocycles. The Kier molecular flexibility index (Phi) is 3.31. The van der Waals surface area contributed by atoms with Crippen molar-refractivity contribution in [2.24, 2.45) is 0 Å². The minimum Gasteiger partial charge on any atom is -0.367 e. The zero-order chi connectivity index (χ0) is 12.4. The van der Waals surface area contributed by atoms with Gasteiger partial charge in [0.15, 0.2) is 0 Å². The second-order valence-electron chi connectivity index (χ2n) is 4.85. The maximum absolute atomic E-state index is 6.07. The van der Waals surface area contributed by atoms with E-state index >= 15 is 0 Å². The quantitative estimate of drug-likeness (QED) is 0.758.